The lowest BCUT2D eigenvalue weighted by Crippen LogP contribution is -2.11. The molecule has 0 spiro atoms. The second-order valence-electron chi connectivity index (χ2n) is 6.84. The van der Waals surface area contributed by atoms with Crippen molar-refractivity contribution < 1.29 is 4.79 Å². The average Bonchev–Trinajstić information content (AvgIpc) is 2.67. The van der Waals surface area contributed by atoms with Gasteiger partial charge in [-0.1, -0.05) is 114 Å². The molecule has 1 rings (SSSR count). The summed E-state index contributed by atoms with van der Waals surface area (Å²) in [6.07, 6.45) is 18.3. The smallest absolute Gasteiger partial charge is 0.244 e. The summed E-state index contributed by atoms with van der Waals surface area (Å²) in [5.74, 6) is -0.290. The van der Waals surface area contributed by atoms with Gasteiger partial charge in [0.05, 0.1) is 0 Å². The summed E-state index contributed by atoms with van der Waals surface area (Å²) in [7, 11) is 0. The Bertz CT molecular complexity index is 490. The highest BCUT2D eigenvalue weighted by molar-refractivity contribution is 5.91. The van der Waals surface area contributed by atoms with E-state index in [4.69, 9.17) is 5.73 Å². The van der Waals surface area contributed by atoms with Crippen molar-refractivity contribution in [1.29, 1.82) is 0 Å². The Morgan fingerprint density at radius 3 is 1.85 bits per heavy atom. The van der Waals surface area contributed by atoms with E-state index < -0.39 is 0 Å². The van der Waals surface area contributed by atoms with Gasteiger partial charge in [-0.05, 0) is 25.3 Å². The molecule has 26 heavy (non-hydrogen) atoms. The number of carbonyl (C=O) groups is 1. The molecule has 0 unspecified atom stereocenters. The topological polar surface area (TPSA) is 43.1 Å². The van der Waals surface area contributed by atoms with Crippen LogP contribution in [0.3, 0.4) is 0 Å². The summed E-state index contributed by atoms with van der Waals surface area (Å²) < 4.78 is 0. The van der Waals surface area contributed by atoms with Gasteiger partial charge in [0.1, 0.15) is 0 Å². The lowest BCUT2D eigenvalue weighted by Gasteiger charge is -2.01. The number of unbranched alkanes of at least 4 members (excludes halogenated alkanes) is 10. The number of hydrogen-bond acceptors (Lipinski definition) is 1. The minimum atomic E-state index is -0.290. The fraction of sp³-hybridized carbons (Fsp3) is 0.542. The first kappa shape index (κ1) is 24.2. The Morgan fingerprint density at radius 2 is 1.42 bits per heavy atom. The van der Waals surface area contributed by atoms with Gasteiger partial charge in [-0.25, -0.2) is 0 Å². The first-order chi connectivity index (χ1) is 12.6. The lowest BCUT2D eigenvalue weighted by atomic mass is 10.1. The predicted octanol–water partition coefficient (Wildman–Crippen LogP) is 7.06. The van der Waals surface area contributed by atoms with E-state index in [9.17, 15) is 4.79 Å². The first-order valence-corrected chi connectivity index (χ1v) is 10.3. The van der Waals surface area contributed by atoms with E-state index in [1.807, 2.05) is 42.5 Å². The van der Waals surface area contributed by atoms with Crippen LogP contribution in [-0.4, -0.2) is 5.91 Å². The van der Waals surface area contributed by atoms with Crippen molar-refractivity contribution in [3.63, 3.8) is 0 Å². The Balaban J connectivity index is 0.000000642. The Morgan fingerprint density at radius 1 is 0.923 bits per heavy atom. The molecule has 0 aliphatic heterocycles. The number of carbonyl (C=O) groups excluding carboxylic acids is 1. The number of primary amides is 1. The van der Waals surface area contributed by atoms with Crippen LogP contribution < -0.4 is 5.73 Å². The monoisotopic (exact) mass is 357 g/mol. The van der Waals surface area contributed by atoms with Gasteiger partial charge in [-0.3, -0.25) is 4.79 Å². The van der Waals surface area contributed by atoms with Crippen molar-refractivity contribution in [2.45, 2.75) is 84.5 Å². The fourth-order valence-corrected chi connectivity index (χ4v) is 2.64. The molecular formula is C24H39NO. The van der Waals surface area contributed by atoms with Gasteiger partial charge in [0.2, 0.25) is 5.91 Å². The van der Waals surface area contributed by atoms with Crippen molar-refractivity contribution >= 4 is 12.0 Å². The maximum Gasteiger partial charge on any atom is 0.244 e. The maximum absolute atomic E-state index is 10.8. The molecule has 1 amide bonds. The molecule has 2 heteroatoms. The molecule has 0 aromatic heterocycles. The number of nitrogens with two attached hydrogens (primary N) is 1. The summed E-state index contributed by atoms with van der Waals surface area (Å²) in [4.78, 5) is 10.8. The molecule has 1 aromatic rings. The lowest BCUT2D eigenvalue weighted by molar-refractivity contribution is -0.114. The highest BCUT2D eigenvalue weighted by atomic mass is 16.1. The quantitative estimate of drug-likeness (QED) is 0.298. The summed E-state index contributed by atoms with van der Waals surface area (Å²) in [6.45, 7) is 7.68. The van der Waals surface area contributed by atoms with E-state index in [0.29, 0.717) is 5.57 Å². The zero-order chi connectivity index (χ0) is 19.5. The molecular weight excluding hydrogens is 318 g/mol. The normalized spacial score (nSPS) is 10.8. The zero-order valence-electron chi connectivity index (χ0n) is 17.0. The second kappa shape index (κ2) is 18.0. The number of rotatable bonds is 13. The van der Waals surface area contributed by atoms with Crippen molar-refractivity contribution in [3.05, 3.63) is 54.1 Å². The molecule has 0 radical (unpaired) electrons. The molecule has 1 aromatic carbocycles. The molecule has 0 saturated heterocycles. The number of benzene rings is 1. The Labute approximate surface area is 161 Å². The van der Waals surface area contributed by atoms with E-state index in [1.54, 1.807) is 6.92 Å². The Kier molecular flexibility index (Phi) is 16.7. The first-order valence-electron chi connectivity index (χ1n) is 10.3. The third kappa shape index (κ3) is 15.7. The summed E-state index contributed by atoms with van der Waals surface area (Å²) in [6, 6.07) is 10.0. The fourth-order valence-electron chi connectivity index (χ4n) is 2.64. The highest BCUT2D eigenvalue weighted by Gasteiger charge is 1.96. The number of allylic oxidation sites excluding steroid dienone is 1. The van der Waals surface area contributed by atoms with Crippen molar-refractivity contribution in [2.24, 2.45) is 5.73 Å². The standard InChI is InChI=1S/C16H31NO.C8H8/c1-3-4-5-6-7-8-9-10-11-12-13-14-15(2)16(17)18;1-2-8-6-4-3-5-7-8/h14H,3-13H2,1-2H3,(H2,17,18);2-7H,1H2. The van der Waals surface area contributed by atoms with Crippen LogP contribution in [0.1, 0.15) is 90.0 Å². The molecule has 0 aliphatic carbocycles. The number of hydrogen-bond donors (Lipinski definition) is 1. The van der Waals surface area contributed by atoms with E-state index in [-0.39, 0.29) is 5.91 Å². The van der Waals surface area contributed by atoms with E-state index >= 15 is 0 Å². The Hall–Kier alpha value is -1.83. The molecule has 0 bridgehead atoms. The van der Waals surface area contributed by atoms with Crippen LogP contribution in [0.4, 0.5) is 0 Å². The van der Waals surface area contributed by atoms with Crippen molar-refractivity contribution in [1.82, 2.24) is 0 Å². The molecule has 2 nitrogen and oxygen atoms in total. The molecule has 2 N–H and O–H groups in total. The maximum atomic E-state index is 10.8. The summed E-state index contributed by atoms with van der Waals surface area (Å²) in [5, 5.41) is 0. The minimum absolute atomic E-state index is 0.290. The third-order valence-electron chi connectivity index (χ3n) is 4.43. The molecule has 0 aliphatic rings. The van der Waals surface area contributed by atoms with Gasteiger partial charge in [-0.2, -0.15) is 0 Å². The SMILES string of the molecule is C=Cc1ccccc1.CCCCCCCCCCCCC=C(C)C(N)=O. The van der Waals surface area contributed by atoms with Crippen LogP contribution in [0.5, 0.6) is 0 Å². The molecule has 146 valence electrons. The summed E-state index contributed by atoms with van der Waals surface area (Å²) >= 11 is 0. The molecule has 0 atom stereocenters. The zero-order valence-corrected chi connectivity index (χ0v) is 17.0. The van der Waals surface area contributed by atoms with E-state index in [1.165, 1.54) is 69.8 Å². The van der Waals surface area contributed by atoms with Gasteiger partial charge >= 0.3 is 0 Å². The number of amides is 1. The minimum Gasteiger partial charge on any atom is -0.366 e. The van der Waals surface area contributed by atoms with Gasteiger partial charge in [-0.15, -0.1) is 0 Å². The van der Waals surface area contributed by atoms with Gasteiger partial charge in [0.15, 0.2) is 0 Å². The van der Waals surface area contributed by atoms with Crippen molar-refractivity contribution in [3.8, 4) is 0 Å². The van der Waals surface area contributed by atoms with Crippen LogP contribution in [0.15, 0.2) is 48.6 Å². The largest absolute Gasteiger partial charge is 0.366 e. The van der Waals surface area contributed by atoms with Crippen LogP contribution in [0.2, 0.25) is 0 Å². The highest BCUT2D eigenvalue weighted by Crippen LogP contribution is 2.11. The van der Waals surface area contributed by atoms with Gasteiger partial charge in [0.25, 0.3) is 0 Å². The van der Waals surface area contributed by atoms with Gasteiger partial charge < -0.3 is 5.73 Å². The average molecular weight is 358 g/mol. The molecule has 0 heterocycles. The second-order valence-corrected chi connectivity index (χ2v) is 6.84. The van der Waals surface area contributed by atoms with Crippen LogP contribution in [-0.2, 0) is 4.79 Å². The van der Waals surface area contributed by atoms with Crippen LogP contribution in [0.25, 0.3) is 6.08 Å². The third-order valence-corrected chi connectivity index (χ3v) is 4.43. The molecule has 0 fully saturated rings. The van der Waals surface area contributed by atoms with E-state index in [0.717, 1.165) is 6.42 Å². The molecule has 0 saturated carbocycles. The van der Waals surface area contributed by atoms with E-state index in [2.05, 4.69) is 13.5 Å². The van der Waals surface area contributed by atoms with Gasteiger partial charge in [0, 0.05) is 5.57 Å². The summed E-state index contributed by atoms with van der Waals surface area (Å²) in [5.41, 5.74) is 7.03. The predicted molar refractivity (Wildman–Crippen MR) is 116 cm³/mol. The van der Waals surface area contributed by atoms with Crippen LogP contribution >= 0.6 is 0 Å². The van der Waals surface area contributed by atoms with Crippen LogP contribution in [0, 0.1) is 0 Å². The van der Waals surface area contributed by atoms with Crippen molar-refractivity contribution in [2.75, 3.05) is 0 Å².